The van der Waals surface area contributed by atoms with E-state index in [0.29, 0.717) is 0 Å². The van der Waals surface area contributed by atoms with Crippen LogP contribution in [-0.4, -0.2) is 29.9 Å². The fourth-order valence-corrected chi connectivity index (χ4v) is 12.2. The molecular formula is C60H78N6. The normalized spacial score (nSPS) is 12.6. The Labute approximate surface area is 391 Å². The van der Waals surface area contributed by atoms with Crippen LogP contribution in [-0.2, 0) is 38.5 Å². The second kappa shape index (κ2) is 19.6. The van der Waals surface area contributed by atoms with Crippen LogP contribution in [0.3, 0.4) is 0 Å². The van der Waals surface area contributed by atoms with Crippen LogP contribution in [0.15, 0.2) is 36.4 Å². The lowest BCUT2D eigenvalue weighted by Crippen LogP contribution is -1.98. The largest absolute Gasteiger partial charge is 0.352 e. The molecule has 0 atom stereocenters. The van der Waals surface area contributed by atoms with E-state index < -0.39 is 0 Å². The first kappa shape index (κ1) is 44.7. The third-order valence-corrected chi connectivity index (χ3v) is 15.8. The van der Waals surface area contributed by atoms with Crippen LogP contribution in [0, 0.1) is 32.1 Å². The summed E-state index contributed by atoms with van der Waals surface area (Å²) in [4.78, 5) is 24.7. The maximum Gasteiger partial charge on any atom is 0.0707 e. The molecule has 3 aromatic carbocycles. The lowest BCUT2D eigenvalue weighted by molar-refractivity contribution is 0.698. The fourth-order valence-electron chi connectivity index (χ4n) is 12.2. The van der Waals surface area contributed by atoms with Gasteiger partial charge in [0, 0.05) is 32.3 Å². The van der Waals surface area contributed by atoms with Crippen molar-refractivity contribution in [2.24, 2.45) is 0 Å². The van der Waals surface area contributed by atoms with Crippen molar-refractivity contribution in [3.05, 3.63) is 102 Å². The van der Waals surface area contributed by atoms with Gasteiger partial charge in [0.05, 0.1) is 65.2 Å². The molecule has 1 aliphatic heterocycles. The van der Waals surface area contributed by atoms with Gasteiger partial charge in [-0.3, -0.25) is 0 Å². The molecule has 9 aromatic rings. The lowest BCUT2D eigenvalue weighted by Gasteiger charge is -2.14. The van der Waals surface area contributed by atoms with Crippen molar-refractivity contribution in [3.63, 3.8) is 0 Å². The van der Waals surface area contributed by atoms with E-state index in [1.807, 2.05) is 0 Å². The summed E-state index contributed by atoms with van der Waals surface area (Å²) in [7, 11) is 0. The standard InChI is InChI=1S/C60H78N6/c1-7-13-19-25-37-38(26-20-14-8-2)44-32-50-52-34-46-41(29-23-17-11-5)42(30-24-18-12-6)48-36-54(66-60(48)59(46)64-52)53-35-47-40(28-22-16-10-4)39(27-21-15-9-3)45-33-51(63-57(45)58(47)65-53)49-31-43(37)55(61-49)56(44)62-50/h31-36,61-66H,7-30H2,1-6H3. The van der Waals surface area contributed by atoms with E-state index in [1.165, 1.54) is 213 Å². The average Bonchev–Trinajstić information content (AvgIpc) is 4.18. The molecule has 12 bridgehead atoms. The van der Waals surface area contributed by atoms with Gasteiger partial charge in [0.25, 0.3) is 0 Å². The Kier molecular flexibility index (Phi) is 13.3. The topological polar surface area (TPSA) is 94.7 Å². The number of hydrogen-bond donors (Lipinski definition) is 6. The number of H-pyrrole nitrogens is 6. The Balaban J connectivity index is 1.41. The van der Waals surface area contributed by atoms with E-state index in [-0.39, 0.29) is 0 Å². The van der Waals surface area contributed by atoms with Crippen LogP contribution in [0.2, 0.25) is 0 Å². The van der Waals surface area contributed by atoms with Crippen molar-refractivity contribution in [1.29, 1.82) is 0 Å². The molecule has 0 unspecified atom stereocenters. The molecule has 6 N–H and O–H groups in total. The van der Waals surface area contributed by atoms with Crippen molar-refractivity contribution < 1.29 is 0 Å². The molecule has 7 heterocycles. The zero-order valence-electron chi connectivity index (χ0n) is 41.4. The lowest BCUT2D eigenvalue weighted by atomic mass is 9.91. The molecule has 0 saturated carbocycles. The first-order chi connectivity index (χ1) is 32.5. The number of rotatable bonds is 24. The van der Waals surface area contributed by atoms with E-state index in [1.54, 1.807) is 33.4 Å². The molecule has 1 aliphatic rings. The van der Waals surface area contributed by atoms with Crippen molar-refractivity contribution in [3.8, 4) is 0 Å². The van der Waals surface area contributed by atoms with Gasteiger partial charge >= 0.3 is 0 Å². The van der Waals surface area contributed by atoms with Crippen LogP contribution in [0.5, 0.6) is 0 Å². The Morgan fingerprint density at radius 1 is 0.227 bits per heavy atom. The predicted octanol–water partition coefficient (Wildman–Crippen LogP) is 17.1. The molecule has 0 saturated heterocycles. The van der Waals surface area contributed by atoms with Gasteiger partial charge in [-0.15, -0.1) is 0 Å². The highest BCUT2D eigenvalue weighted by Crippen LogP contribution is 2.40. The second-order valence-electron chi connectivity index (χ2n) is 20.4. The predicted molar refractivity (Wildman–Crippen MR) is 283 cm³/mol. The molecule has 0 aliphatic carbocycles. The van der Waals surface area contributed by atoms with Gasteiger partial charge in [-0.25, -0.2) is 0 Å². The Bertz CT molecular complexity index is 2870. The van der Waals surface area contributed by atoms with Crippen LogP contribution in [0.25, 0.3) is 65.4 Å². The fraction of sp³-hybridized carbons (Fsp3) is 0.500. The van der Waals surface area contributed by atoms with Gasteiger partial charge in [0.2, 0.25) is 0 Å². The van der Waals surface area contributed by atoms with Crippen molar-refractivity contribution >= 4 is 65.4 Å². The second-order valence-corrected chi connectivity index (χ2v) is 20.4. The van der Waals surface area contributed by atoms with E-state index in [4.69, 9.17) is 0 Å². The molecule has 0 radical (unpaired) electrons. The van der Waals surface area contributed by atoms with Crippen LogP contribution in [0.4, 0.5) is 0 Å². The minimum Gasteiger partial charge on any atom is -0.352 e. The molecule has 10 rings (SSSR count). The van der Waals surface area contributed by atoms with Crippen LogP contribution >= 0.6 is 0 Å². The number of fused-ring (bicyclic) bond motifs is 6. The number of unbranched alkanes of at least 4 members (excludes halogenated alkanes) is 12. The quantitative estimate of drug-likeness (QED) is 0.0326. The molecule has 0 amide bonds. The van der Waals surface area contributed by atoms with E-state index in [2.05, 4.69) is 108 Å². The molecule has 0 spiro atoms. The molecule has 348 valence electrons. The zero-order chi connectivity index (χ0) is 45.3. The third-order valence-electron chi connectivity index (χ3n) is 15.8. The van der Waals surface area contributed by atoms with Gasteiger partial charge < -0.3 is 29.9 Å². The van der Waals surface area contributed by atoms with Gasteiger partial charge in [-0.1, -0.05) is 119 Å². The Hall–Kier alpha value is -5.10. The number of benzene rings is 3. The van der Waals surface area contributed by atoms with E-state index in [0.717, 1.165) is 38.5 Å². The molecule has 66 heavy (non-hydrogen) atoms. The van der Waals surface area contributed by atoms with Gasteiger partial charge in [-0.2, -0.15) is 0 Å². The molecule has 0 fully saturated rings. The average molecular weight is 883 g/mol. The number of nitrogens with one attached hydrogen (secondary N) is 6. The monoisotopic (exact) mass is 883 g/mol. The summed E-state index contributed by atoms with van der Waals surface area (Å²) in [6, 6.07) is 15.1. The number of aromatic amines is 6. The first-order valence-electron chi connectivity index (χ1n) is 27.1. The molecular weight excluding hydrogens is 805 g/mol. The summed E-state index contributed by atoms with van der Waals surface area (Å²) in [5.74, 6) is 0. The minimum atomic E-state index is 1.11. The SMILES string of the molecule is CCCCCc1c(CCCCC)c2cc3[nH]c2c2[nH]c(cc12)=c1cc2c(CCCCC)c(CCCCC)c4cc([nH]c4c2[nH]1)=c1cc2c(CCCCC)c(CCCCC)c4cc=3[nH]c4c2[nH]1. The summed E-state index contributed by atoms with van der Waals surface area (Å²) in [5, 5.41) is 15.5. The number of aromatic nitrogens is 6. The van der Waals surface area contributed by atoms with Crippen molar-refractivity contribution in [2.75, 3.05) is 0 Å². The molecule has 6 aromatic heterocycles. The minimum absolute atomic E-state index is 1.11. The molecule has 6 nitrogen and oxygen atoms in total. The highest BCUT2D eigenvalue weighted by atomic mass is 14.8. The van der Waals surface area contributed by atoms with Gasteiger partial charge in [-0.05, 0) is 147 Å². The van der Waals surface area contributed by atoms with Crippen LogP contribution < -0.4 is 0 Å². The summed E-state index contributed by atoms with van der Waals surface area (Å²) < 4.78 is 0. The van der Waals surface area contributed by atoms with Crippen LogP contribution in [0.1, 0.15) is 190 Å². The highest BCUT2D eigenvalue weighted by Gasteiger charge is 2.22. The summed E-state index contributed by atoms with van der Waals surface area (Å²) in [6.07, 6.45) is 28.9. The van der Waals surface area contributed by atoms with E-state index >= 15 is 0 Å². The smallest absolute Gasteiger partial charge is 0.0707 e. The van der Waals surface area contributed by atoms with Gasteiger partial charge in [0.15, 0.2) is 0 Å². The number of hydrogen-bond acceptors (Lipinski definition) is 0. The maximum atomic E-state index is 4.12. The first-order valence-corrected chi connectivity index (χ1v) is 27.1. The van der Waals surface area contributed by atoms with Crippen molar-refractivity contribution in [2.45, 2.75) is 196 Å². The third kappa shape index (κ3) is 8.02. The Morgan fingerprint density at radius 2 is 0.379 bits per heavy atom. The molecule has 6 heteroatoms. The summed E-state index contributed by atoms with van der Waals surface area (Å²) in [5.41, 5.74) is 16.8. The van der Waals surface area contributed by atoms with Crippen molar-refractivity contribution in [1.82, 2.24) is 29.9 Å². The summed E-state index contributed by atoms with van der Waals surface area (Å²) >= 11 is 0. The number of aryl methyl sites for hydroxylation is 6. The van der Waals surface area contributed by atoms with E-state index in [9.17, 15) is 0 Å². The summed E-state index contributed by atoms with van der Waals surface area (Å²) in [6.45, 7) is 14.0. The van der Waals surface area contributed by atoms with Gasteiger partial charge in [0.1, 0.15) is 0 Å². The maximum absolute atomic E-state index is 4.12. The Morgan fingerprint density at radius 3 is 0.515 bits per heavy atom. The zero-order valence-corrected chi connectivity index (χ0v) is 41.4. The highest BCUT2D eigenvalue weighted by molar-refractivity contribution is 6.10.